The smallest absolute Gasteiger partial charge is 0.252 e. The van der Waals surface area contributed by atoms with Crippen LogP contribution in [0.5, 0.6) is 0 Å². The van der Waals surface area contributed by atoms with Gasteiger partial charge in [-0.1, -0.05) is 5.11 Å². The number of nitrogens with two attached hydrogens (primary N) is 1. The lowest BCUT2D eigenvalue weighted by Crippen LogP contribution is -2.29. The highest BCUT2D eigenvalue weighted by Crippen LogP contribution is 2.01. The van der Waals surface area contributed by atoms with Gasteiger partial charge in [0.1, 0.15) is 0 Å². The highest BCUT2D eigenvalue weighted by molar-refractivity contribution is 5.93. The Labute approximate surface area is 92.3 Å². The number of hydrogen-bond donors (Lipinski definition) is 2. The molecule has 16 heavy (non-hydrogen) atoms. The molecule has 0 fully saturated rings. The number of azide groups is 1. The van der Waals surface area contributed by atoms with E-state index >= 15 is 0 Å². The number of nitrogens with zero attached hydrogens (tertiary/aromatic N) is 4. The molecule has 1 aromatic heterocycles. The van der Waals surface area contributed by atoms with Crippen LogP contribution < -0.4 is 11.1 Å². The van der Waals surface area contributed by atoms with Crippen LogP contribution in [-0.4, -0.2) is 24.0 Å². The average Bonchev–Trinajstić information content (AvgIpc) is 2.34. The van der Waals surface area contributed by atoms with E-state index in [1.165, 1.54) is 6.20 Å². The van der Waals surface area contributed by atoms with Crippen LogP contribution in [0.15, 0.2) is 23.4 Å². The van der Waals surface area contributed by atoms with E-state index in [0.29, 0.717) is 24.3 Å². The van der Waals surface area contributed by atoms with Gasteiger partial charge >= 0.3 is 0 Å². The van der Waals surface area contributed by atoms with Crippen molar-refractivity contribution in [1.29, 1.82) is 0 Å². The van der Waals surface area contributed by atoms with E-state index in [1.807, 2.05) is 0 Å². The molecule has 0 bridgehead atoms. The van der Waals surface area contributed by atoms with E-state index in [9.17, 15) is 4.79 Å². The summed E-state index contributed by atoms with van der Waals surface area (Å²) in [6.45, 7) is 1.01. The molecule has 7 heteroatoms. The molecule has 0 radical (unpaired) electrons. The predicted molar refractivity (Wildman–Crippen MR) is 58.5 cm³/mol. The van der Waals surface area contributed by atoms with Crippen LogP contribution in [0.3, 0.4) is 0 Å². The molecule has 0 unspecified atom stereocenters. The van der Waals surface area contributed by atoms with Gasteiger partial charge in [0.25, 0.3) is 5.91 Å². The standard InChI is InChI=1S/C9H12N6O/c10-3-4-12-9(16)7-1-2-8(13-5-7)6-14-15-11/h1-2,5H,3-4,6,10H2,(H,12,16). The minimum atomic E-state index is -0.215. The lowest BCUT2D eigenvalue weighted by molar-refractivity contribution is 0.0954. The highest BCUT2D eigenvalue weighted by Gasteiger charge is 2.04. The number of amides is 1. The fraction of sp³-hybridized carbons (Fsp3) is 0.333. The number of hydrogen-bond acceptors (Lipinski definition) is 4. The van der Waals surface area contributed by atoms with Crippen molar-refractivity contribution < 1.29 is 4.79 Å². The number of pyridine rings is 1. The summed E-state index contributed by atoms with van der Waals surface area (Å²) in [6, 6.07) is 3.27. The molecule has 3 N–H and O–H groups in total. The van der Waals surface area contributed by atoms with Gasteiger partial charge in [-0.05, 0) is 17.7 Å². The number of carbonyl (C=O) groups excluding carboxylic acids is 1. The lowest BCUT2D eigenvalue weighted by Gasteiger charge is -2.03. The van der Waals surface area contributed by atoms with E-state index in [0.717, 1.165) is 0 Å². The van der Waals surface area contributed by atoms with Crippen LogP contribution in [0, 0.1) is 0 Å². The summed E-state index contributed by atoms with van der Waals surface area (Å²) in [6.07, 6.45) is 1.44. The third-order valence-corrected chi connectivity index (χ3v) is 1.81. The first kappa shape index (κ1) is 12.0. The largest absolute Gasteiger partial charge is 0.351 e. The van der Waals surface area contributed by atoms with Gasteiger partial charge < -0.3 is 11.1 Å². The molecule has 7 nitrogen and oxygen atoms in total. The summed E-state index contributed by atoms with van der Waals surface area (Å²) in [5.74, 6) is -0.215. The van der Waals surface area contributed by atoms with Gasteiger partial charge in [-0.15, -0.1) is 0 Å². The van der Waals surface area contributed by atoms with Crippen LogP contribution in [0.2, 0.25) is 0 Å². The Morgan fingerprint density at radius 1 is 1.62 bits per heavy atom. The third-order valence-electron chi connectivity index (χ3n) is 1.81. The second-order valence-electron chi connectivity index (χ2n) is 2.97. The topological polar surface area (TPSA) is 117 Å². The molecule has 0 saturated heterocycles. The van der Waals surface area contributed by atoms with E-state index in [1.54, 1.807) is 12.1 Å². The first-order valence-corrected chi connectivity index (χ1v) is 4.72. The van der Waals surface area contributed by atoms with Gasteiger partial charge in [-0.2, -0.15) is 0 Å². The van der Waals surface area contributed by atoms with Crippen LogP contribution in [0.4, 0.5) is 0 Å². The Hall–Kier alpha value is -2.11. The van der Waals surface area contributed by atoms with Gasteiger partial charge in [0.05, 0.1) is 12.1 Å². The van der Waals surface area contributed by atoms with E-state index in [2.05, 4.69) is 20.3 Å². The Morgan fingerprint density at radius 2 is 2.44 bits per heavy atom. The first-order valence-electron chi connectivity index (χ1n) is 4.72. The summed E-state index contributed by atoms with van der Waals surface area (Å²) >= 11 is 0. The minimum absolute atomic E-state index is 0.182. The molecule has 1 amide bonds. The zero-order valence-corrected chi connectivity index (χ0v) is 8.63. The third kappa shape index (κ3) is 3.56. The minimum Gasteiger partial charge on any atom is -0.351 e. The molecule has 0 aliphatic rings. The zero-order chi connectivity index (χ0) is 11.8. The molecular formula is C9H12N6O. The Bertz CT molecular complexity index is 395. The van der Waals surface area contributed by atoms with E-state index < -0.39 is 0 Å². The van der Waals surface area contributed by atoms with Gasteiger partial charge in [0, 0.05) is 29.9 Å². The van der Waals surface area contributed by atoms with Crippen molar-refractivity contribution in [2.75, 3.05) is 13.1 Å². The zero-order valence-electron chi connectivity index (χ0n) is 8.63. The fourth-order valence-electron chi connectivity index (χ4n) is 1.04. The Morgan fingerprint density at radius 3 is 3.00 bits per heavy atom. The summed E-state index contributed by atoms with van der Waals surface area (Å²) in [5, 5.41) is 5.99. The molecule has 1 heterocycles. The first-order chi connectivity index (χ1) is 7.77. The molecule has 0 saturated carbocycles. The van der Waals surface area contributed by atoms with Gasteiger partial charge in [-0.3, -0.25) is 9.78 Å². The quantitative estimate of drug-likeness (QED) is 0.429. The summed E-state index contributed by atoms with van der Waals surface area (Å²) in [4.78, 5) is 18.0. The number of carbonyl (C=O) groups is 1. The molecule has 0 spiro atoms. The van der Waals surface area contributed by atoms with Crippen molar-refractivity contribution in [2.24, 2.45) is 10.8 Å². The van der Waals surface area contributed by atoms with Crippen LogP contribution in [0.1, 0.15) is 16.1 Å². The second kappa shape index (κ2) is 6.39. The van der Waals surface area contributed by atoms with Crippen LogP contribution >= 0.6 is 0 Å². The normalized spacial score (nSPS) is 9.31. The predicted octanol–water partition coefficient (Wildman–Crippen LogP) is 0.580. The number of rotatable bonds is 5. The number of aromatic nitrogens is 1. The molecule has 1 rings (SSSR count). The summed E-state index contributed by atoms with van der Waals surface area (Å²) in [5.41, 5.74) is 14.5. The molecule has 84 valence electrons. The lowest BCUT2D eigenvalue weighted by atomic mass is 10.2. The van der Waals surface area contributed by atoms with E-state index in [-0.39, 0.29) is 12.5 Å². The maximum atomic E-state index is 11.4. The Kier molecular flexibility index (Phi) is 4.78. The van der Waals surface area contributed by atoms with Gasteiger partial charge in [-0.25, -0.2) is 0 Å². The van der Waals surface area contributed by atoms with Crippen LogP contribution in [-0.2, 0) is 6.54 Å². The monoisotopic (exact) mass is 220 g/mol. The second-order valence-corrected chi connectivity index (χ2v) is 2.97. The maximum absolute atomic E-state index is 11.4. The van der Waals surface area contributed by atoms with Crippen molar-refractivity contribution in [3.63, 3.8) is 0 Å². The molecular weight excluding hydrogens is 208 g/mol. The summed E-state index contributed by atoms with van der Waals surface area (Å²) < 4.78 is 0. The SMILES string of the molecule is [N-]=[N+]=NCc1ccc(C(=O)NCCN)cn1. The highest BCUT2D eigenvalue weighted by atomic mass is 16.1. The molecule has 0 atom stereocenters. The van der Waals surface area contributed by atoms with Crippen molar-refractivity contribution in [3.05, 3.63) is 40.0 Å². The number of nitrogens with one attached hydrogen (secondary N) is 1. The van der Waals surface area contributed by atoms with Crippen molar-refractivity contribution in [1.82, 2.24) is 10.3 Å². The van der Waals surface area contributed by atoms with Crippen molar-refractivity contribution in [3.8, 4) is 0 Å². The van der Waals surface area contributed by atoms with Gasteiger partial charge in [0.15, 0.2) is 0 Å². The van der Waals surface area contributed by atoms with Gasteiger partial charge in [0.2, 0.25) is 0 Å². The maximum Gasteiger partial charge on any atom is 0.252 e. The van der Waals surface area contributed by atoms with E-state index in [4.69, 9.17) is 11.3 Å². The molecule has 0 aromatic carbocycles. The summed E-state index contributed by atoms with van der Waals surface area (Å²) in [7, 11) is 0. The van der Waals surface area contributed by atoms with Crippen LogP contribution in [0.25, 0.3) is 10.4 Å². The Balaban J connectivity index is 2.63. The average molecular weight is 220 g/mol. The molecule has 1 aromatic rings. The molecule has 0 aliphatic heterocycles. The molecule has 0 aliphatic carbocycles. The fourth-order valence-corrected chi connectivity index (χ4v) is 1.04. The van der Waals surface area contributed by atoms with Crippen molar-refractivity contribution in [2.45, 2.75) is 6.54 Å². The van der Waals surface area contributed by atoms with Crippen molar-refractivity contribution >= 4 is 5.91 Å².